The zero-order valence-electron chi connectivity index (χ0n) is 20.1. The average Bonchev–Trinajstić information content (AvgIpc) is 2.79. The number of morpholine rings is 1. The molecule has 1 aromatic carbocycles. The third-order valence-corrected chi connectivity index (χ3v) is 7.87. The highest BCUT2D eigenvalue weighted by Gasteiger charge is 2.39. The van der Waals surface area contributed by atoms with Crippen molar-refractivity contribution in [2.45, 2.75) is 57.3 Å². The largest absolute Gasteiger partial charge is 0.378 e. The summed E-state index contributed by atoms with van der Waals surface area (Å²) in [6, 6.07) is 7.04. The van der Waals surface area contributed by atoms with Crippen molar-refractivity contribution in [2.75, 3.05) is 49.6 Å². The third kappa shape index (κ3) is 4.19. The Kier molecular flexibility index (Phi) is 5.75. The minimum Gasteiger partial charge on any atom is -0.378 e. The Morgan fingerprint density at radius 1 is 1.06 bits per heavy atom. The van der Waals surface area contributed by atoms with Gasteiger partial charge in [0.1, 0.15) is 17.5 Å². The zero-order valence-corrected chi connectivity index (χ0v) is 20.1. The van der Waals surface area contributed by atoms with E-state index in [1.54, 1.807) is 0 Å². The molecule has 5 fully saturated rings. The Morgan fingerprint density at radius 3 is 2.44 bits per heavy atom. The molecule has 0 amide bonds. The van der Waals surface area contributed by atoms with Gasteiger partial charge in [-0.15, -0.1) is 0 Å². The second-order valence-corrected chi connectivity index (χ2v) is 10.2. The first-order valence-electron chi connectivity index (χ1n) is 12.6. The Morgan fingerprint density at radius 2 is 1.79 bits per heavy atom. The van der Waals surface area contributed by atoms with E-state index in [4.69, 9.17) is 19.9 Å². The summed E-state index contributed by atoms with van der Waals surface area (Å²) < 4.78 is 11.2. The average molecular weight is 463 g/mol. The molecule has 8 nitrogen and oxygen atoms in total. The van der Waals surface area contributed by atoms with Gasteiger partial charge in [-0.25, -0.2) is 9.97 Å². The van der Waals surface area contributed by atoms with Crippen LogP contribution in [0.1, 0.15) is 47.7 Å². The van der Waals surface area contributed by atoms with Crippen LogP contribution in [0.3, 0.4) is 0 Å². The minimum atomic E-state index is 0.331. The molecule has 7 rings (SSSR count). The molecular weight excluding hydrogens is 428 g/mol. The van der Waals surface area contributed by atoms with Crippen molar-refractivity contribution < 1.29 is 9.47 Å². The van der Waals surface area contributed by atoms with Crippen LogP contribution in [-0.2, 0) is 9.47 Å². The monoisotopic (exact) mass is 462 g/mol. The summed E-state index contributed by atoms with van der Waals surface area (Å²) in [5, 5.41) is 11.5. The lowest BCUT2D eigenvalue weighted by Crippen LogP contribution is -2.57. The predicted molar refractivity (Wildman–Crippen MR) is 133 cm³/mol. The van der Waals surface area contributed by atoms with E-state index < -0.39 is 0 Å². The highest BCUT2D eigenvalue weighted by molar-refractivity contribution is 5.88. The van der Waals surface area contributed by atoms with Crippen LogP contribution in [0, 0.1) is 19.3 Å². The van der Waals surface area contributed by atoms with Gasteiger partial charge in [-0.3, -0.25) is 4.90 Å². The van der Waals surface area contributed by atoms with Crippen LogP contribution in [0.4, 0.5) is 17.3 Å². The Bertz CT molecular complexity index is 1060. The number of hydrogen-bond donors (Lipinski definition) is 2. The number of benzene rings is 1. The number of fused-ring (bicyclic) bond motifs is 2. The van der Waals surface area contributed by atoms with Crippen LogP contribution in [0.5, 0.6) is 0 Å². The second kappa shape index (κ2) is 8.91. The molecule has 0 saturated carbocycles. The van der Waals surface area contributed by atoms with E-state index in [9.17, 15) is 0 Å². The van der Waals surface area contributed by atoms with Crippen LogP contribution in [0.25, 0.3) is 0 Å². The second-order valence-electron chi connectivity index (χ2n) is 10.2. The van der Waals surface area contributed by atoms with Gasteiger partial charge in [-0.1, -0.05) is 0 Å². The van der Waals surface area contributed by atoms with E-state index in [1.165, 1.54) is 17.3 Å². The van der Waals surface area contributed by atoms with Crippen molar-refractivity contribution in [2.24, 2.45) is 0 Å². The number of anilines is 3. The number of nitrogens with one attached hydrogen (secondary N) is 2. The van der Waals surface area contributed by atoms with Gasteiger partial charge < -0.3 is 25.1 Å². The van der Waals surface area contributed by atoms with Gasteiger partial charge >= 0.3 is 0 Å². The van der Waals surface area contributed by atoms with Crippen LogP contribution < -0.4 is 10.2 Å². The molecule has 5 saturated heterocycles. The number of nitrogens with zero attached hydrogens (tertiary/aromatic N) is 4. The first-order valence-corrected chi connectivity index (χ1v) is 12.6. The molecule has 5 aliphatic heterocycles. The van der Waals surface area contributed by atoms with Crippen LogP contribution >= 0.6 is 0 Å². The lowest BCUT2D eigenvalue weighted by atomic mass is 9.85. The fourth-order valence-corrected chi connectivity index (χ4v) is 5.88. The van der Waals surface area contributed by atoms with E-state index in [0.29, 0.717) is 24.2 Å². The topological polar surface area (TPSA) is 86.6 Å². The van der Waals surface area contributed by atoms with Gasteiger partial charge in [0.25, 0.3) is 0 Å². The van der Waals surface area contributed by atoms with Crippen molar-refractivity contribution in [3.05, 3.63) is 40.7 Å². The van der Waals surface area contributed by atoms with Gasteiger partial charge in [0.05, 0.1) is 31.5 Å². The maximum atomic E-state index is 8.00. The molecule has 2 bridgehead atoms. The molecule has 2 unspecified atom stereocenters. The molecule has 0 spiro atoms. The molecule has 0 aliphatic carbocycles. The van der Waals surface area contributed by atoms with Crippen LogP contribution in [0.15, 0.2) is 18.2 Å². The lowest BCUT2D eigenvalue weighted by Gasteiger charge is -2.47. The zero-order chi connectivity index (χ0) is 23.2. The summed E-state index contributed by atoms with van der Waals surface area (Å²) in [7, 11) is 0. The normalized spacial score (nSPS) is 25.5. The predicted octanol–water partition coefficient (Wildman–Crippen LogP) is 3.39. The molecule has 6 heterocycles. The van der Waals surface area contributed by atoms with Crippen molar-refractivity contribution in [3.63, 3.8) is 0 Å². The standard InChI is InChI=1S/C26H34N6O2/c1-16-7-19(11-27)24(9-23(16)18-3-5-31(6-4-18)20-14-33-15-20)30-25-10-26(29-17(2)28-25)32-12-21-8-22(13-32)34-21/h7,9-11,18,20-22,27H,3-6,8,12-15H2,1-2H3,(H,28,29,30). The SMILES string of the molecule is Cc1nc(Nc2cc(C3CCN(C4COC4)CC3)c(C)cc2C=N)cc(N2CC3CC(C2)O3)n1. The summed E-state index contributed by atoms with van der Waals surface area (Å²) in [5.41, 5.74) is 4.48. The highest BCUT2D eigenvalue weighted by atomic mass is 16.5. The van der Waals surface area contributed by atoms with Crippen molar-refractivity contribution >= 4 is 23.5 Å². The summed E-state index contributed by atoms with van der Waals surface area (Å²) in [4.78, 5) is 14.3. The molecule has 2 aromatic rings. The number of ether oxygens (including phenoxy) is 2. The fourth-order valence-electron chi connectivity index (χ4n) is 5.88. The molecule has 0 radical (unpaired) electrons. The van der Waals surface area contributed by atoms with Crippen molar-refractivity contribution in [3.8, 4) is 0 Å². The van der Waals surface area contributed by atoms with E-state index in [-0.39, 0.29) is 0 Å². The molecule has 1 aromatic heterocycles. The lowest BCUT2D eigenvalue weighted by molar-refractivity contribution is -0.133. The van der Waals surface area contributed by atoms with Crippen LogP contribution in [0.2, 0.25) is 0 Å². The number of aromatic nitrogens is 2. The van der Waals surface area contributed by atoms with E-state index in [0.717, 1.165) is 87.4 Å². The summed E-state index contributed by atoms with van der Waals surface area (Å²) in [5.74, 6) is 3.01. The quantitative estimate of drug-likeness (QED) is 0.637. The van der Waals surface area contributed by atoms with Crippen molar-refractivity contribution in [1.29, 1.82) is 5.41 Å². The van der Waals surface area contributed by atoms with E-state index in [1.807, 2.05) is 13.0 Å². The Balaban J connectivity index is 1.22. The first-order chi connectivity index (χ1) is 16.6. The number of piperidine rings is 2. The minimum absolute atomic E-state index is 0.331. The third-order valence-electron chi connectivity index (χ3n) is 7.87. The fraction of sp³-hybridized carbons (Fsp3) is 0.577. The number of rotatable bonds is 6. The molecule has 34 heavy (non-hydrogen) atoms. The van der Waals surface area contributed by atoms with E-state index >= 15 is 0 Å². The van der Waals surface area contributed by atoms with Crippen molar-refractivity contribution in [1.82, 2.24) is 14.9 Å². The Labute approximate surface area is 201 Å². The summed E-state index contributed by atoms with van der Waals surface area (Å²) in [6.07, 6.45) is 5.58. The smallest absolute Gasteiger partial charge is 0.136 e. The van der Waals surface area contributed by atoms with Gasteiger partial charge in [-0.05, 0) is 69.0 Å². The number of hydrogen-bond acceptors (Lipinski definition) is 8. The molecule has 180 valence electrons. The van der Waals surface area contributed by atoms with Crippen LogP contribution in [-0.4, -0.2) is 78.7 Å². The first kappa shape index (κ1) is 21.9. The van der Waals surface area contributed by atoms with Gasteiger partial charge in [-0.2, -0.15) is 0 Å². The summed E-state index contributed by atoms with van der Waals surface area (Å²) in [6.45, 7) is 9.92. The maximum absolute atomic E-state index is 8.00. The molecular formula is C26H34N6O2. The summed E-state index contributed by atoms with van der Waals surface area (Å²) >= 11 is 0. The molecule has 5 aliphatic rings. The van der Waals surface area contributed by atoms with Gasteiger partial charge in [0.15, 0.2) is 0 Å². The number of likely N-dealkylation sites (tertiary alicyclic amines) is 1. The van der Waals surface area contributed by atoms with E-state index in [2.05, 4.69) is 39.2 Å². The molecule has 2 atom stereocenters. The maximum Gasteiger partial charge on any atom is 0.136 e. The molecule has 2 N–H and O–H groups in total. The highest BCUT2D eigenvalue weighted by Crippen LogP contribution is 2.36. The van der Waals surface area contributed by atoms with Gasteiger partial charge in [0.2, 0.25) is 0 Å². The Hall–Kier alpha value is -2.55. The van der Waals surface area contributed by atoms with Gasteiger partial charge in [0, 0.05) is 43.0 Å². The molecule has 8 heteroatoms. The number of aryl methyl sites for hydroxylation is 2.